The lowest BCUT2D eigenvalue weighted by molar-refractivity contribution is -0.337. The number of amides is 2. The Balaban J connectivity index is 1.62. The molecule has 0 atom stereocenters. The summed E-state index contributed by atoms with van der Waals surface area (Å²) < 4.78 is 17.2. The van der Waals surface area contributed by atoms with E-state index in [2.05, 4.69) is 5.32 Å². The molecule has 0 saturated carbocycles. The predicted molar refractivity (Wildman–Crippen MR) is 195 cm³/mol. The molecule has 0 unspecified atom stereocenters. The summed E-state index contributed by atoms with van der Waals surface area (Å²) in [6.45, 7) is 14.9. The minimum absolute atomic E-state index is 0.0551. The molecule has 13 heteroatoms. The molecule has 0 radical (unpaired) electrons. The van der Waals surface area contributed by atoms with E-state index in [1.807, 2.05) is 30.3 Å². The van der Waals surface area contributed by atoms with Gasteiger partial charge in [-0.25, -0.2) is 4.79 Å². The van der Waals surface area contributed by atoms with Gasteiger partial charge in [-0.2, -0.15) is 0 Å². The number of carboxylic acids is 2. The van der Waals surface area contributed by atoms with E-state index in [1.165, 1.54) is 29.5 Å². The van der Waals surface area contributed by atoms with Crippen LogP contribution in [0.1, 0.15) is 104 Å². The fourth-order valence-corrected chi connectivity index (χ4v) is 7.94. The van der Waals surface area contributed by atoms with Crippen LogP contribution in [0.25, 0.3) is 0 Å². The Morgan fingerprint density at radius 1 is 0.868 bits per heavy atom. The number of carbonyl (C=O) groups excluding carboxylic acids is 5. The smallest absolute Gasteiger partial charge is 0.410 e. The molecule has 1 aromatic heterocycles. The van der Waals surface area contributed by atoms with Crippen LogP contribution in [0.2, 0.25) is 0 Å². The lowest BCUT2D eigenvalue weighted by Crippen LogP contribution is -2.67. The largest absolute Gasteiger partial charge is 0.546 e. The number of nitrogens with one attached hydrogen (secondary N) is 1. The summed E-state index contributed by atoms with van der Waals surface area (Å²) in [5, 5.41) is 26.8. The first kappa shape index (κ1) is 40.9. The van der Waals surface area contributed by atoms with Crippen LogP contribution in [0.3, 0.4) is 0 Å². The number of aliphatic carboxylic acids is 2. The number of carbonyl (C=O) groups is 5. The van der Waals surface area contributed by atoms with Crippen molar-refractivity contribution in [1.82, 2.24) is 10.2 Å². The van der Waals surface area contributed by atoms with Crippen LogP contribution in [0.4, 0.5) is 4.79 Å². The van der Waals surface area contributed by atoms with E-state index in [4.69, 9.17) is 14.2 Å². The topological polar surface area (TPSA) is 174 Å². The zero-order valence-electron chi connectivity index (χ0n) is 31.8. The van der Waals surface area contributed by atoms with E-state index in [0.717, 1.165) is 21.6 Å². The van der Waals surface area contributed by atoms with Crippen molar-refractivity contribution in [3.8, 4) is 11.5 Å². The Bertz CT molecular complexity index is 1850. The van der Waals surface area contributed by atoms with Gasteiger partial charge in [-0.05, 0) is 68.5 Å². The van der Waals surface area contributed by atoms with Crippen LogP contribution in [0, 0.1) is 10.8 Å². The van der Waals surface area contributed by atoms with Crippen LogP contribution in [-0.2, 0) is 33.7 Å². The number of ketones is 1. The summed E-state index contributed by atoms with van der Waals surface area (Å²) in [7, 11) is 0. The average molecular weight is 749 g/mol. The molecule has 286 valence electrons. The van der Waals surface area contributed by atoms with Gasteiger partial charge in [0.25, 0.3) is 5.91 Å². The third-order valence-electron chi connectivity index (χ3n) is 8.92. The van der Waals surface area contributed by atoms with Crippen LogP contribution >= 0.6 is 11.3 Å². The zero-order valence-corrected chi connectivity index (χ0v) is 32.6. The molecule has 2 heterocycles. The van der Waals surface area contributed by atoms with Crippen LogP contribution in [-0.4, -0.2) is 65.5 Å². The summed E-state index contributed by atoms with van der Waals surface area (Å²) in [6, 6.07) is 13.6. The first-order valence-corrected chi connectivity index (χ1v) is 18.2. The van der Waals surface area contributed by atoms with Gasteiger partial charge in [0.2, 0.25) is 0 Å². The lowest BCUT2D eigenvalue weighted by Gasteiger charge is -2.53. The number of nitrogens with zero attached hydrogens (tertiary/aromatic N) is 1. The molecule has 0 fully saturated rings. The Morgan fingerprint density at radius 3 is 2.08 bits per heavy atom. The molecule has 1 aliphatic rings. The van der Waals surface area contributed by atoms with E-state index < -0.39 is 64.9 Å². The first-order chi connectivity index (χ1) is 24.5. The molecule has 4 rings (SSSR count). The van der Waals surface area contributed by atoms with Crippen molar-refractivity contribution < 1.29 is 48.4 Å². The van der Waals surface area contributed by atoms with Crippen molar-refractivity contribution in [2.45, 2.75) is 92.9 Å². The van der Waals surface area contributed by atoms with Gasteiger partial charge in [-0.15, -0.1) is 11.3 Å². The molecule has 53 heavy (non-hydrogen) atoms. The van der Waals surface area contributed by atoms with Gasteiger partial charge in [0.05, 0.1) is 29.9 Å². The van der Waals surface area contributed by atoms with Crippen molar-refractivity contribution >= 4 is 41.1 Å². The van der Waals surface area contributed by atoms with E-state index in [9.17, 15) is 34.2 Å². The van der Waals surface area contributed by atoms with Crippen molar-refractivity contribution in [3.63, 3.8) is 0 Å². The second-order valence-corrected chi connectivity index (χ2v) is 17.2. The first-order valence-electron chi connectivity index (χ1n) is 17.4. The Labute approximate surface area is 314 Å². The summed E-state index contributed by atoms with van der Waals surface area (Å²) in [6.07, 6.45) is 0.542. The Morgan fingerprint density at radius 2 is 1.51 bits per heavy atom. The zero-order chi connectivity index (χ0) is 39.5. The van der Waals surface area contributed by atoms with E-state index in [0.29, 0.717) is 24.3 Å². The summed E-state index contributed by atoms with van der Waals surface area (Å²) in [5.41, 5.74) is -1.92. The standard InChI is InChI=1S/C40H50N2O10S/c1-37(2,3)40(35(47)48,38(4,5)6)51-29-16-15-25(20-30(29)50-23-32(44)45)28(43)21-41-34(46)33-26(19-24-13-11-10-12-14-24)27-22-42(18-17-31(27)53-33)36(49)52-39(7,8)9/h10-16,20H,17-19,21-23H2,1-9H3,(H,41,46)(H,44,45)(H,47,48)/p-2. The maximum Gasteiger partial charge on any atom is 0.410 e. The van der Waals surface area contributed by atoms with Crippen molar-refractivity contribution in [3.05, 3.63) is 80.5 Å². The van der Waals surface area contributed by atoms with Gasteiger partial charge >= 0.3 is 6.09 Å². The molecule has 3 aromatic rings. The highest BCUT2D eigenvalue weighted by molar-refractivity contribution is 7.14. The second kappa shape index (κ2) is 15.6. The number of thiophene rings is 1. The minimum Gasteiger partial charge on any atom is -0.546 e. The van der Waals surface area contributed by atoms with Gasteiger partial charge < -0.3 is 44.2 Å². The molecule has 1 N–H and O–H groups in total. The number of carboxylic acid groups (broad SMARTS) is 2. The van der Waals surface area contributed by atoms with Gasteiger partial charge in [0.15, 0.2) is 22.9 Å². The molecule has 2 amide bonds. The quantitative estimate of drug-likeness (QED) is 0.263. The fourth-order valence-electron chi connectivity index (χ4n) is 6.70. The molecular weight excluding hydrogens is 701 g/mol. The number of fused-ring (bicyclic) bond motifs is 1. The number of ether oxygens (including phenoxy) is 3. The minimum atomic E-state index is -1.92. The average Bonchev–Trinajstić information content (AvgIpc) is 3.40. The normalized spacial score (nSPS) is 13.5. The fraction of sp³-hybridized carbons (Fsp3) is 0.475. The molecular formula is C40H48N2O10S-2. The molecule has 0 bridgehead atoms. The third-order valence-corrected chi connectivity index (χ3v) is 10.3. The molecule has 12 nitrogen and oxygen atoms in total. The number of hydrogen-bond acceptors (Lipinski definition) is 11. The van der Waals surface area contributed by atoms with Gasteiger partial charge in [-0.3, -0.25) is 9.59 Å². The number of benzene rings is 2. The maximum atomic E-state index is 13.8. The van der Waals surface area contributed by atoms with Crippen molar-refractivity contribution in [1.29, 1.82) is 0 Å². The lowest BCUT2D eigenvalue weighted by atomic mass is 9.62. The molecule has 0 saturated heterocycles. The van der Waals surface area contributed by atoms with Crippen LogP contribution < -0.4 is 25.0 Å². The van der Waals surface area contributed by atoms with Gasteiger partial charge in [-0.1, -0.05) is 71.9 Å². The number of Topliss-reactive ketones (excluding diaryl/α,β-unsaturated/α-hetero) is 1. The molecule has 0 aliphatic carbocycles. The highest BCUT2D eigenvalue weighted by Crippen LogP contribution is 2.48. The van der Waals surface area contributed by atoms with E-state index in [-0.39, 0.29) is 23.6 Å². The summed E-state index contributed by atoms with van der Waals surface area (Å²) >= 11 is 1.34. The predicted octanol–water partition coefficient (Wildman–Crippen LogP) is 4.33. The molecule has 2 aromatic carbocycles. The highest BCUT2D eigenvalue weighted by atomic mass is 32.1. The number of hydrogen-bond donors (Lipinski definition) is 1. The Kier molecular flexibility index (Phi) is 12.0. The van der Waals surface area contributed by atoms with Crippen molar-refractivity contribution in [2.24, 2.45) is 10.8 Å². The highest BCUT2D eigenvalue weighted by Gasteiger charge is 2.55. The Hall–Kier alpha value is -4.91. The third kappa shape index (κ3) is 9.37. The monoisotopic (exact) mass is 748 g/mol. The molecule has 0 spiro atoms. The van der Waals surface area contributed by atoms with Crippen LogP contribution in [0.5, 0.6) is 11.5 Å². The summed E-state index contributed by atoms with van der Waals surface area (Å²) in [4.78, 5) is 67.3. The van der Waals surface area contributed by atoms with E-state index >= 15 is 0 Å². The van der Waals surface area contributed by atoms with Crippen molar-refractivity contribution in [2.75, 3.05) is 19.7 Å². The summed E-state index contributed by atoms with van der Waals surface area (Å²) in [5.74, 6) is -4.33. The second-order valence-electron chi connectivity index (χ2n) is 16.1. The molecule has 1 aliphatic heterocycles. The van der Waals surface area contributed by atoms with Crippen LogP contribution in [0.15, 0.2) is 48.5 Å². The number of rotatable bonds is 12. The van der Waals surface area contributed by atoms with Gasteiger partial charge in [0.1, 0.15) is 12.2 Å². The van der Waals surface area contributed by atoms with Gasteiger partial charge in [0, 0.05) is 27.8 Å². The maximum absolute atomic E-state index is 13.8. The SMILES string of the molecule is CC(C)(C)OC(=O)N1CCc2sc(C(=O)NCC(=O)c3ccc(OC(C(=O)[O-])(C(C)(C)C)C(C)(C)C)c(OCC(=O)[O-])c3)c(Cc3ccccc3)c2C1. The van der Waals surface area contributed by atoms with E-state index in [1.54, 1.807) is 67.2 Å².